The van der Waals surface area contributed by atoms with Crippen LogP contribution in [0.25, 0.3) is 10.9 Å². The largest absolute Gasteiger partial charge is 0.378 e. The summed E-state index contributed by atoms with van der Waals surface area (Å²) in [6, 6.07) is 1.62. The number of hydrogen-bond acceptors (Lipinski definition) is 5. The number of carbonyl (C=O) groups excluding carboxylic acids is 1. The molecule has 0 amide bonds. The van der Waals surface area contributed by atoms with E-state index in [-0.39, 0.29) is 17.0 Å². The van der Waals surface area contributed by atoms with Crippen molar-refractivity contribution in [2.24, 2.45) is 0 Å². The first-order valence-electron chi connectivity index (χ1n) is 9.52. The maximum atomic E-state index is 12.4. The standard InChI is InChI=1S/C19H21N3O3/c1-5-13-17(22-8-6-19(3,25-4)7-9-22)14-10-15(12(2)23)20-11-16(14)21-18(13)24/h1,10-11H,6-9H2,2-4H3,(H,21,24)/i4D3. The molecule has 0 atom stereocenters. The number of aromatic nitrogens is 2. The number of terminal acetylenes is 1. The Labute approximate surface area is 150 Å². The van der Waals surface area contributed by atoms with Crippen LogP contribution < -0.4 is 10.5 Å². The van der Waals surface area contributed by atoms with E-state index in [0.717, 1.165) is 0 Å². The molecule has 0 aliphatic carbocycles. The number of H-pyrrole nitrogens is 1. The first-order chi connectivity index (χ1) is 13.0. The Kier molecular flexibility index (Phi) is 3.45. The summed E-state index contributed by atoms with van der Waals surface area (Å²) in [6.45, 7) is 4.10. The van der Waals surface area contributed by atoms with Gasteiger partial charge in [0.25, 0.3) is 5.56 Å². The van der Waals surface area contributed by atoms with Crippen LogP contribution in [-0.2, 0) is 4.74 Å². The van der Waals surface area contributed by atoms with Gasteiger partial charge in [-0.2, -0.15) is 0 Å². The lowest BCUT2D eigenvalue weighted by molar-refractivity contribution is -0.0132. The van der Waals surface area contributed by atoms with Crippen molar-refractivity contribution in [3.8, 4) is 12.3 Å². The SMILES string of the molecule is [2H]C([2H])([2H])OC1(C)CCN(c2c(C#C)c(=O)[nH]c3cnc(C(C)=O)cc23)CC1. The van der Waals surface area contributed by atoms with Crippen molar-refractivity contribution in [3.05, 3.63) is 33.9 Å². The lowest BCUT2D eigenvalue weighted by Crippen LogP contribution is -2.44. The molecule has 3 rings (SSSR count). The normalized spacial score (nSPS) is 18.9. The molecule has 0 radical (unpaired) electrons. The quantitative estimate of drug-likeness (QED) is 0.683. The average molecular weight is 342 g/mol. The van der Waals surface area contributed by atoms with Crippen molar-refractivity contribution in [1.82, 2.24) is 9.97 Å². The number of aromatic amines is 1. The van der Waals surface area contributed by atoms with E-state index in [2.05, 4.69) is 15.9 Å². The summed E-state index contributed by atoms with van der Waals surface area (Å²) in [6.07, 6.45) is 7.96. The number of ketones is 1. The summed E-state index contributed by atoms with van der Waals surface area (Å²) >= 11 is 0. The molecule has 3 heterocycles. The van der Waals surface area contributed by atoms with Crippen LogP contribution in [0.5, 0.6) is 0 Å². The molecule has 1 saturated heterocycles. The summed E-state index contributed by atoms with van der Waals surface area (Å²) in [5, 5.41) is 0.632. The number of nitrogens with zero attached hydrogens (tertiary/aromatic N) is 2. The van der Waals surface area contributed by atoms with Crippen molar-refractivity contribution in [3.63, 3.8) is 0 Å². The van der Waals surface area contributed by atoms with Gasteiger partial charge in [0.05, 0.1) is 27.1 Å². The van der Waals surface area contributed by atoms with Crippen molar-refractivity contribution in [1.29, 1.82) is 0 Å². The molecule has 0 aromatic carbocycles. The molecule has 2 aromatic rings. The molecule has 1 N–H and O–H groups in total. The third-order valence-electron chi connectivity index (χ3n) is 4.76. The second-order valence-electron chi connectivity index (χ2n) is 6.53. The smallest absolute Gasteiger partial charge is 0.266 e. The number of rotatable bonds is 3. The maximum Gasteiger partial charge on any atom is 0.266 e. The van der Waals surface area contributed by atoms with E-state index < -0.39 is 18.2 Å². The van der Waals surface area contributed by atoms with Crippen LogP contribution in [0.4, 0.5) is 5.69 Å². The van der Waals surface area contributed by atoms with E-state index in [0.29, 0.717) is 42.5 Å². The van der Waals surface area contributed by atoms with E-state index >= 15 is 0 Å². The fourth-order valence-corrected chi connectivity index (χ4v) is 3.14. The summed E-state index contributed by atoms with van der Waals surface area (Å²) in [5.74, 6) is 2.25. The number of Topliss-reactive ketones (excluding diaryl/α,β-unsaturated/α-hetero) is 1. The second kappa shape index (κ2) is 6.34. The number of pyridine rings is 2. The topological polar surface area (TPSA) is 75.3 Å². The zero-order valence-electron chi connectivity index (χ0n) is 17.2. The molecule has 1 fully saturated rings. The average Bonchev–Trinajstić information content (AvgIpc) is 2.59. The molecule has 130 valence electrons. The molecule has 0 saturated carbocycles. The zero-order valence-corrected chi connectivity index (χ0v) is 14.2. The van der Waals surface area contributed by atoms with E-state index in [1.54, 1.807) is 13.0 Å². The van der Waals surface area contributed by atoms with Gasteiger partial charge in [0.2, 0.25) is 0 Å². The molecule has 6 nitrogen and oxygen atoms in total. The first kappa shape index (κ1) is 13.6. The minimum Gasteiger partial charge on any atom is -0.378 e. The number of nitrogens with one attached hydrogen (secondary N) is 1. The van der Waals surface area contributed by atoms with Crippen LogP contribution in [0.3, 0.4) is 0 Å². The molecule has 25 heavy (non-hydrogen) atoms. The van der Waals surface area contributed by atoms with Gasteiger partial charge in [0.1, 0.15) is 11.3 Å². The summed E-state index contributed by atoms with van der Waals surface area (Å²) < 4.78 is 27.4. The highest BCUT2D eigenvalue weighted by Gasteiger charge is 2.31. The van der Waals surface area contributed by atoms with Crippen LogP contribution in [-0.4, -0.2) is 41.5 Å². The molecule has 0 spiro atoms. The minimum atomic E-state index is -2.47. The number of piperidine rings is 1. The predicted octanol–water partition coefficient (Wildman–Crippen LogP) is 2.11. The lowest BCUT2D eigenvalue weighted by atomic mass is 9.92. The molecular formula is C19H21N3O3. The van der Waals surface area contributed by atoms with Gasteiger partial charge in [0, 0.05) is 32.4 Å². The molecule has 1 aliphatic heterocycles. The molecule has 1 aliphatic rings. The number of carbonyl (C=O) groups is 1. The third kappa shape index (κ3) is 3.03. The second-order valence-corrected chi connectivity index (χ2v) is 6.53. The number of fused-ring (bicyclic) bond motifs is 1. The maximum absolute atomic E-state index is 12.4. The fourth-order valence-electron chi connectivity index (χ4n) is 3.14. The molecular weight excluding hydrogens is 318 g/mol. The van der Waals surface area contributed by atoms with Gasteiger partial charge in [-0.15, -0.1) is 6.42 Å². The fraction of sp³-hybridized carbons (Fsp3) is 0.421. The van der Waals surface area contributed by atoms with E-state index in [1.165, 1.54) is 13.1 Å². The first-order valence-corrected chi connectivity index (χ1v) is 8.02. The highest BCUT2D eigenvalue weighted by molar-refractivity contribution is 6.00. The van der Waals surface area contributed by atoms with Crippen LogP contribution in [0.1, 0.15) is 46.9 Å². The summed E-state index contributed by atoms with van der Waals surface area (Å²) in [4.78, 5) is 32.9. The van der Waals surface area contributed by atoms with Crippen molar-refractivity contribution in [2.45, 2.75) is 32.3 Å². The summed E-state index contributed by atoms with van der Waals surface area (Å²) in [7, 11) is -2.47. The van der Waals surface area contributed by atoms with E-state index in [4.69, 9.17) is 15.3 Å². The van der Waals surface area contributed by atoms with Gasteiger partial charge in [-0.3, -0.25) is 14.6 Å². The molecule has 0 unspecified atom stereocenters. The van der Waals surface area contributed by atoms with Gasteiger partial charge in [-0.25, -0.2) is 0 Å². The Bertz CT molecular complexity index is 1030. The number of anilines is 1. The Morgan fingerprint density at radius 3 is 2.84 bits per heavy atom. The van der Waals surface area contributed by atoms with Gasteiger partial charge in [-0.1, -0.05) is 5.92 Å². The number of hydrogen-bond donors (Lipinski definition) is 1. The van der Waals surface area contributed by atoms with Gasteiger partial charge >= 0.3 is 0 Å². The van der Waals surface area contributed by atoms with Crippen LogP contribution in [0, 0.1) is 12.3 Å². The van der Waals surface area contributed by atoms with Crippen molar-refractivity contribution >= 4 is 22.4 Å². The molecule has 2 aromatic heterocycles. The van der Waals surface area contributed by atoms with Crippen LogP contribution in [0.15, 0.2) is 17.1 Å². The van der Waals surface area contributed by atoms with Gasteiger partial charge in [0.15, 0.2) is 5.78 Å². The van der Waals surface area contributed by atoms with Gasteiger partial charge < -0.3 is 14.6 Å². The third-order valence-corrected chi connectivity index (χ3v) is 4.76. The minimum absolute atomic E-state index is 0.175. The van der Waals surface area contributed by atoms with Crippen molar-refractivity contribution in [2.75, 3.05) is 25.0 Å². The Balaban J connectivity index is 2.05. The van der Waals surface area contributed by atoms with E-state index in [9.17, 15) is 9.59 Å². The highest BCUT2D eigenvalue weighted by Crippen LogP contribution is 2.33. The molecule has 0 bridgehead atoms. The zero-order chi connectivity index (χ0) is 20.7. The molecule has 6 heteroatoms. The van der Waals surface area contributed by atoms with Crippen LogP contribution >= 0.6 is 0 Å². The predicted molar refractivity (Wildman–Crippen MR) is 97.2 cm³/mol. The monoisotopic (exact) mass is 342 g/mol. The summed E-state index contributed by atoms with van der Waals surface area (Å²) in [5.41, 5.74) is 0.291. The van der Waals surface area contributed by atoms with Crippen molar-refractivity contribution < 1.29 is 13.6 Å². The Morgan fingerprint density at radius 1 is 1.52 bits per heavy atom. The number of methoxy groups -OCH3 is 1. The van der Waals surface area contributed by atoms with Gasteiger partial charge in [-0.05, 0) is 25.8 Å². The Hall–Kier alpha value is -2.65. The number of ether oxygens (including phenoxy) is 1. The lowest BCUT2D eigenvalue weighted by Gasteiger charge is -2.40. The highest BCUT2D eigenvalue weighted by atomic mass is 16.5. The van der Waals surface area contributed by atoms with E-state index in [1.807, 2.05) is 4.90 Å². The Morgan fingerprint density at radius 2 is 2.24 bits per heavy atom. The van der Waals surface area contributed by atoms with Crippen LogP contribution in [0.2, 0.25) is 0 Å².